The number of aromatic hydroxyl groups is 1. The lowest BCUT2D eigenvalue weighted by molar-refractivity contribution is -0.141. The lowest BCUT2D eigenvalue weighted by Gasteiger charge is -2.25. The number of hydrogen-bond acceptors (Lipinski definition) is 5. The van der Waals surface area contributed by atoms with E-state index in [-0.39, 0.29) is 19.0 Å². The summed E-state index contributed by atoms with van der Waals surface area (Å²) in [5.74, 6) is 7.08. The van der Waals surface area contributed by atoms with Crippen molar-refractivity contribution in [2.75, 3.05) is 20.3 Å². The first-order valence-corrected chi connectivity index (χ1v) is 11.9. The van der Waals surface area contributed by atoms with Gasteiger partial charge in [-0.1, -0.05) is 56.2 Å². The second-order valence-electron chi connectivity index (χ2n) is 8.47. The van der Waals surface area contributed by atoms with Crippen LogP contribution in [0.2, 0.25) is 0 Å². The summed E-state index contributed by atoms with van der Waals surface area (Å²) in [6.07, 6.45) is 6.82. The quantitative estimate of drug-likeness (QED) is 0.324. The highest BCUT2D eigenvalue weighted by molar-refractivity contribution is 5.73. The molecule has 0 bridgehead atoms. The molecule has 5 nitrogen and oxygen atoms in total. The van der Waals surface area contributed by atoms with Gasteiger partial charge in [0.1, 0.15) is 11.5 Å². The van der Waals surface area contributed by atoms with Gasteiger partial charge < -0.3 is 19.9 Å². The Morgan fingerprint density at radius 1 is 1.09 bits per heavy atom. The number of aryl methyl sites for hydroxylation is 1. The van der Waals surface area contributed by atoms with Crippen LogP contribution in [0.4, 0.5) is 0 Å². The van der Waals surface area contributed by atoms with Crippen molar-refractivity contribution in [3.8, 4) is 23.3 Å². The van der Waals surface area contributed by atoms with Crippen molar-refractivity contribution in [2.24, 2.45) is 0 Å². The van der Waals surface area contributed by atoms with Gasteiger partial charge >= 0.3 is 5.97 Å². The van der Waals surface area contributed by atoms with Crippen molar-refractivity contribution in [3.63, 3.8) is 0 Å². The molecule has 3 rings (SSSR count). The number of nitrogens with one attached hydrogen (secondary N) is 1. The van der Waals surface area contributed by atoms with E-state index >= 15 is 0 Å². The molecule has 0 amide bonds. The van der Waals surface area contributed by atoms with E-state index in [0.717, 1.165) is 42.7 Å². The predicted molar refractivity (Wildman–Crippen MR) is 130 cm³/mol. The summed E-state index contributed by atoms with van der Waals surface area (Å²) >= 11 is 0. The average molecular weight is 450 g/mol. The van der Waals surface area contributed by atoms with Gasteiger partial charge in [0, 0.05) is 12.1 Å². The molecular weight excluding hydrogens is 414 g/mol. The number of carbonyl (C=O) groups excluding carboxylic acids is 1. The minimum Gasteiger partial charge on any atom is -0.508 e. The number of esters is 1. The summed E-state index contributed by atoms with van der Waals surface area (Å²) in [7, 11) is 1.68. The molecule has 1 aliphatic carbocycles. The molecule has 0 spiro atoms. The fourth-order valence-electron chi connectivity index (χ4n) is 4.54. The first-order valence-electron chi connectivity index (χ1n) is 11.9. The second-order valence-corrected chi connectivity index (χ2v) is 8.47. The Morgan fingerprint density at radius 2 is 1.91 bits per heavy atom. The summed E-state index contributed by atoms with van der Waals surface area (Å²) in [6, 6.07) is 11.5. The minimum atomic E-state index is -0.314. The van der Waals surface area contributed by atoms with E-state index in [9.17, 15) is 9.90 Å². The maximum absolute atomic E-state index is 12.4. The Hall–Kier alpha value is -2.97. The number of phenolic OH excluding ortho intramolecular Hbond substituents is 1. The maximum atomic E-state index is 12.4. The van der Waals surface area contributed by atoms with Crippen molar-refractivity contribution in [3.05, 3.63) is 58.7 Å². The van der Waals surface area contributed by atoms with Crippen LogP contribution < -0.4 is 10.1 Å². The van der Waals surface area contributed by atoms with E-state index in [1.165, 1.54) is 30.4 Å². The molecule has 0 heterocycles. The normalized spacial score (nSPS) is 13.8. The summed E-state index contributed by atoms with van der Waals surface area (Å²) < 4.78 is 10.6. The standard InChI is InChI=1S/C28H35NO4/c1-3-21-18-25(32-2)15-14-24(21)20-29-16-7-8-17-33-27(31)19-23-12-9-13-26(30)28(23)22-10-5-4-6-11-22/h9,12-15,18,22,29-30H,3-6,10-11,16-17,19-20H2,1-2H3. The second kappa shape index (κ2) is 12.9. The highest BCUT2D eigenvalue weighted by Crippen LogP contribution is 2.39. The lowest BCUT2D eigenvalue weighted by Crippen LogP contribution is -2.15. The van der Waals surface area contributed by atoms with Crippen molar-refractivity contribution < 1.29 is 19.4 Å². The first kappa shape index (κ1) is 24.7. The van der Waals surface area contributed by atoms with Crippen LogP contribution >= 0.6 is 0 Å². The van der Waals surface area contributed by atoms with E-state index in [0.29, 0.717) is 18.2 Å². The smallest absolute Gasteiger partial charge is 0.311 e. The number of ether oxygens (including phenoxy) is 2. The topological polar surface area (TPSA) is 67.8 Å². The Labute approximate surface area is 197 Å². The van der Waals surface area contributed by atoms with Gasteiger partial charge in [0.25, 0.3) is 0 Å². The Balaban J connectivity index is 1.44. The summed E-state index contributed by atoms with van der Waals surface area (Å²) in [6.45, 7) is 3.44. The third-order valence-electron chi connectivity index (χ3n) is 6.28. The number of methoxy groups -OCH3 is 1. The van der Waals surface area contributed by atoms with Gasteiger partial charge in [0.2, 0.25) is 0 Å². The summed E-state index contributed by atoms with van der Waals surface area (Å²) in [4.78, 5) is 12.4. The molecule has 176 valence electrons. The Morgan fingerprint density at radius 3 is 2.67 bits per heavy atom. The molecule has 0 radical (unpaired) electrons. The highest BCUT2D eigenvalue weighted by Gasteiger charge is 2.22. The number of phenols is 1. The molecular formula is C28H35NO4. The molecule has 2 N–H and O–H groups in total. The van der Waals surface area contributed by atoms with Gasteiger partial charge in [-0.05, 0) is 60.1 Å². The molecule has 1 aliphatic rings. The largest absolute Gasteiger partial charge is 0.508 e. The fraction of sp³-hybridized carbons (Fsp3) is 0.464. The first-order chi connectivity index (χ1) is 16.1. The van der Waals surface area contributed by atoms with Crippen LogP contribution in [-0.4, -0.2) is 31.3 Å². The van der Waals surface area contributed by atoms with Crippen molar-refractivity contribution in [1.29, 1.82) is 0 Å². The minimum absolute atomic E-state index is 0.0703. The maximum Gasteiger partial charge on any atom is 0.311 e. The third-order valence-corrected chi connectivity index (χ3v) is 6.28. The molecule has 2 aromatic carbocycles. The number of rotatable bonds is 9. The summed E-state index contributed by atoms with van der Waals surface area (Å²) in [5.41, 5.74) is 4.27. The number of carbonyl (C=O) groups is 1. The number of benzene rings is 2. The van der Waals surface area contributed by atoms with Crippen LogP contribution in [0, 0.1) is 11.8 Å². The molecule has 2 aromatic rings. The van der Waals surface area contributed by atoms with E-state index in [2.05, 4.69) is 36.2 Å². The zero-order valence-corrected chi connectivity index (χ0v) is 19.8. The van der Waals surface area contributed by atoms with Crippen molar-refractivity contribution in [2.45, 2.75) is 64.3 Å². The van der Waals surface area contributed by atoms with Crippen LogP contribution in [0.25, 0.3) is 0 Å². The molecule has 0 unspecified atom stereocenters. The van der Waals surface area contributed by atoms with Gasteiger partial charge in [-0.2, -0.15) is 0 Å². The molecule has 1 fully saturated rings. The van der Waals surface area contributed by atoms with Gasteiger partial charge in [-0.15, -0.1) is 0 Å². The van der Waals surface area contributed by atoms with Crippen LogP contribution in [0.15, 0.2) is 36.4 Å². The van der Waals surface area contributed by atoms with Gasteiger partial charge in [0.05, 0.1) is 20.1 Å². The van der Waals surface area contributed by atoms with Gasteiger partial charge in [0.15, 0.2) is 6.61 Å². The monoisotopic (exact) mass is 449 g/mol. The zero-order chi connectivity index (χ0) is 23.5. The SMILES string of the molecule is CCc1cc(OC)ccc1CNCC#CCOC(=O)Cc1cccc(O)c1C1CCCCC1. The lowest BCUT2D eigenvalue weighted by atomic mass is 9.81. The molecule has 1 saturated carbocycles. The van der Waals surface area contributed by atoms with Crippen LogP contribution in [0.1, 0.15) is 67.2 Å². The summed E-state index contributed by atoms with van der Waals surface area (Å²) in [5, 5.41) is 13.7. The van der Waals surface area contributed by atoms with Crippen LogP contribution in [0.5, 0.6) is 11.5 Å². The Kier molecular flexibility index (Phi) is 9.65. The fourth-order valence-corrected chi connectivity index (χ4v) is 4.54. The van der Waals surface area contributed by atoms with Crippen molar-refractivity contribution >= 4 is 5.97 Å². The van der Waals surface area contributed by atoms with Crippen LogP contribution in [0.3, 0.4) is 0 Å². The molecule has 33 heavy (non-hydrogen) atoms. The molecule has 0 atom stereocenters. The molecule has 0 aromatic heterocycles. The van der Waals surface area contributed by atoms with Gasteiger partial charge in [-0.25, -0.2) is 0 Å². The average Bonchev–Trinajstić information content (AvgIpc) is 2.84. The van der Waals surface area contributed by atoms with E-state index in [4.69, 9.17) is 9.47 Å². The van der Waals surface area contributed by atoms with E-state index < -0.39 is 0 Å². The Bertz CT molecular complexity index is 983. The van der Waals surface area contributed by atoms with Crippen molar-refractivity contribution in [1.82, 2.24) is 5.32 Å². The van der Waals surface area contributed by atoms with Crippen LogP contribution in [-0.2, 0) is 28.9 Å². The third kappa shape index (κ3) is 7.27. The zero-order valence-electron chi connectivity index (χ0n) is 19.8. The van der Waals surface area contributed by atoms with E-state index in [1.54, 1.807) is 19.2 Å². The molecule has 5 heteroatoms. The predicted octanol–water partition coefficient (Wildman–Crippen LogP) is 4.89. The molecule has 0 aliphatic heterocycles. The van der Waals surface area contributed by atoms with E-state index in [1.807, 2.05) is 12.1 Å². The molecule has 0 saturated heterocycles. The van der Waals surface area contributed by atoms with Gasteiger partial charge in [-0.3, -0.25) is 4.79 Å². The highest BCUT2D eigenvalue weighted by atomic mass is 16.5. The number of hydrogen-bond donors (Lipinski definition) is 2.